The Kier molecular flexibility index (Phi) is 3.28. The van der Waals surface area contributed by atoms with Crippen molar-refractivity contribution in [3.05, 3.63) is 71.5 Å². The van der Waals surface area contributed by atoms with Gasteiger partial charge in [0.2, 0.25) is 5.78 Å². The van der Waals surface area contributed by atoms with E-state index in [4.69, 9.17) is 9.72 Å². The number of hydrogen-bond acceptors (Lipinski definition) is 4. The van der Waals surface area contributed by atoms with Crippen LogP contribution in [0.1, 0.15) is 34.0 Å². The molecule has 128 valence electrons. The quantitative estimate of drug-likeness (QED) is 0.555. The summed E-state index contributed by atoms with van der Waals surface area (Å²) in [6, 6.07) is 15.8. The molecule has 0 aliphatic heterocycles. The Balaban J connectivity index is 1.59. The maximum absolute atomic E-state index is 12.8. The largest absolute Gasteiger partial charge is 0.497 e. The summed E-state index contributed by atoms with van der Waals surface area (Å²) in [6.07, 6.45) is 3.14. The molecule has 1 aliphatic rings. The number of benzene rings is 2. The third-order valence-electron chi connectivity index (χ3n) is 5.14. The molecule has 1 atom stereocenters. The Bertz CT molecular complexity index is 1150. The highest BCUT2D eigenvalue weighted by atomic mass is 16.5. The number of fused-ring (bicyclic) bond motifs is 4. The average Bonchev–Trinajstić information content (AvgIpc) is 3.04. The van der Waals surface area contributed by atoms with Crippen LogP contribution in [-0.4, -0.2) is 27.3 Å². The molecule has 0 radical (unpaired) electrons. The normalized spacial score (nSPS) is 16.8. The lowest BCUT2D eigenvalue weighted by atomic mass is 9.82. The zero-order valence-electron chi connectivity index (χ0n) is 14.3. The van der Waals surface area contributed by atoms with Gasteiger partial charge in [-0.3, -0.25) is 9.20 Å². The number of rotatable bonds is 2. The third-order valence-corrected chi connectivity index (χ3v) is 5.14. The van der Waals surface area contributed by atoms with Crippen molar-refractivity contribution in [2.24, 2.45) is 0 Å². The topological polar surface area (TPSA) is 56.5 Å². The van der Waals surface area contributed by atoms with E-state index >= 15 is 0 Å². The molecule has 0 bridgehead atoms. The molecule has 2 heterocycles. The van der Waals surface area contributed by atoms with E-state index in [1.165, 1.54) is 0 Å². The molecule has 2 aromatic carbocycles. The summed E-state index contributed by atoms with van der Waals surface area (Å²) in [5, 5.41) is 0. The van der Waals surface area contributed by atoms with Crippen LogP contribution in [0.2, 0.25) is 0 Å². The summed E-state index contributed by atoms with van der Waals surface area (Å²) in [7, 11) is 1.65. The lowest BCUT2D eigenvalue weighted by Crippen LogP contribution is -2.21. The number of ether oxygens (including phenoxy) is 1. The van der Waals surface area contributed by atoms with Crippen molar-refractivity contribution in [2.75, 3.05) is 7.11 Å². The number of aromatic nitrogens is 3. The molecule has 5 rings (SSSR count). The van der Waals surface area contributed by atoms with Crippen LogP contribution in [0.3, 0.4) is 0 Å². The van der Waals surface area contributed by atoms with Gasteiger partial charge in [0, 0.05) is 12.6 Å². The van der Waals surface area contributed by atoms with Gasteiger partial charge in [0.05, 0.1) is 29.4 Å². The average molecular weight is 343 g/mol. The fourth-order valence-corrected chi connectivity index (χ4v) is 3.76. The van der Waals surface area contributed by atoms with Gasteiger partial charge in [0.15, 0.2) is 5.78 Å². The van der Waals surface area contributed by atoms with E-state index < -0.39 is 0 Å². The fraction of sp³-hybridized carbons (Fsp3) is 0.190. The Morgan fingerprint density at radius 3 is 2.65 bits per heavy atom. The minimum absolute atomic E-state index is 0.138. The summed E-state index contributed by atoms with van der Waals surface area (Å²) in [6.45, 7) is 0. The van der Waals surface area contributed by atoms with Gasteiger partial charge in [0.25, 0.3) is 0 Å². The van der Waals surface area contributed by atoms with Gasteiger partial charge in [-0.05, 0) is 42.2 Å². The van der Waals surface area contributed by atoms with Gasteiger partial charge in [0.1, 0.15) is 5.75 Å². The Labute approximate surface area is 150 Å². The summed E-state index contributed by atoms with van der Waals surface area (Å²) in [5.74, 6) is 1.74. The summed E-state index contributed by atoms with van der Waals surface area (Å²) in [5.41, 5.74) is 4.56. The zero-order valence-corrected chi connectivity index (χ0v) is 14.3. The molecule has 0 fully saturated rings. The van der Waals surface area contributed by atoms with Gasteiger partial charge >= 0.3 is 0 Å². The molecule has 0 saturated carbocycles. The number of nitrogens with zero attached hydrogens (tertiary/aromatic N) is 3. The first-order valence-electron chi connectivity index (χ1n) is 8.67. The maximum atomic E-state index is 12.8. The molecule has 0 spiro atoms. The molecular formula is C21H17N3O2. The number of carbonyl (C=O) groups is 1. The summed E-state index contributed by atoms with van der Waals surface area (Å²) < 4.78 is 7.14. The predicted octanol–water partition coefficient (Wildman–Crippen LogP) is 3.80. The lowest BCUT2D eigenvalue weighted by molar-refractivity contribution is 0.0962. The van der Waals surface area contributed by atoms with Crippen molar-refractivity contribution in [1.82, 2.24) is 14.4 Å². The molecular weight excluding hydrogens is 326 g/mol. The van der Waals surface area contributed by atoms with Crippen molar-refractivity contribution < 1.29 is 9.53 Å². The number of ketones is 1. The first-order chi connectivity index (χ1) is 12.7. The highest BCUT2D eigenvalue weighted by Crippen LogP contribution is 2.33. The van der Waals surface area contributed by atoms with Gasteiger partial charge < -0.3 is 4.74 Å². The first-order valence-corrected chi connectivity index (χ1v) is 8.67. The van der Waals surface area contributed by atoms with Crippen molar-refractivity contribution >= 4 is 22.6 Å². The van der Waals surface area contributed by atoms with Gasteiger partial charge in [-0.15, -0.1) is 0 Å². The van der Waals surface area contributed by atoms with E-state index in [1.807, 2.05) is 59.1 Å². The van der Waals surface area contributed by atoms with E-state index in [0.717, 1.165) is 34.5 Å². The maximum Gasteiger partial charge on any atom is 0.235 e. The van der Waals surface area contributed by atoms with E-state index in [0.29, 0.717) is 17.8 Å². The number of Topliss-reactive ketones (excluding diaryl/α,β-unsaturated/α-hetero) is 1. The van der Waals surface area contributed by atoms with Crippen molar-refractivity contribution in [2.45, 2.75) is 18.8 Å². The predicted molar refractivity (Wildman–Crippen MR) is 98.9 cm³/mol. The van der Waals surface area contributed by atoms with Crippen LogP contribution in [-0.2, 0) is 6.42 Å². The number of carbonyl (C=O) groups excluding carboxylic acids is 1. The molecule has 1 unspecified atom stereocenters. The monoisotopic (exact) mass is 343 g/mol. The van der Waals surface area contributed by atoms with Gasteiger partial charge in [-0.25, -0.2) is 9.97 Å². The van der Waals surface area contributed by atoms with Crippen LogP contribution in [0, 0.1) is 0 Å². The highest BCUT2D eigenvalue weighted by molar-refractivity contribution is 5.99. The van der Waals surface area contributed by atoms with E-state index in [-0.39, 0.29) is 11.7 Å². The van der Waals surface area contributed by atoms with E-state index in [1.54, 1.807) is 7.11 Å². The minimum atomic E-state index is 0.138. The van der Waals surface area contributed by atoms with Gasteiger partial charge in [-0.1, -0.05) is 24.3 Å². The van der Waals surface area contributed by atoms with Crippen molar-refractivity contribution in [3.8, 4) is 5.75 Å². The first kappa shape index (κ1) is 15.1. The third kappa shape index (κ3) is 2.28. The molecule has 0 amide bonds. The van der Waals surface area contributed by atoms with E-state index in [9.17, 15) is 4.79 Å². The van der Waals surface area contributed by atoms with E-state index in [2.05, 4.69) is 4.98 Å². The second kappa shape index (κ2) is 5.66. The summed E-state index contributed by atoms with van der Waals surface area (Å²) >= 11 is 0. The van der Waals surface area contributed by atoms with Crippen LogP contribution in [0.15, 0.2) is 54.7 Å². The standard InChI is InChI=1S/C21H17N3O2/c1-26-15-8-6-13(7-9-15)14-10-18-16(20(25)11-14)12-24-19-5-3-2-4-17(19)22-21(24)23-18/h2-9,12,14H,10-11H2,1H3. The molecule has 5 heteroatoms. The minimum Gasteiger partial charge on any atom is -0.497 e. The Morgan fingerprint density at radius 1 is 1.04 bits per heavy atom. The highest BCUT2D eigenvalue weighted by Gasteiger charge is 2.28. The molecule has 5 nitrogen and oxygen atoms in total. The molecule has 0 N–H and O–H groups in total. The van der Waals surface area contributed by atoms with Gasteiger partial charge in [-0.2, -0.15) is 0 Å². The van der Waals surface area contributed by atoms with Crippen LogP contribution in [0.25, 0.3) is 16.8 Å². The van der Waals surface area contributed by atoms with Crippen LogP contribution < -0.4 is 4.74 Å². The number of methoxy groups -OCH3 is 1. The zero-order chi connectivity index (χ0) is 17.7. The fourth-order valence-electron chi connectivity index (χ4n) is 3.76. The van der Waals surface area contributed by atoms with Crippen LogP contribution in [0.4, 0.5) is 0 Å². The second-order valence-electron chi connectivity index (χ2n) is 6.67. The van der Waals surface area contributed by atoms with Crippen molar-refractivity contribution in [1.29, 1.82) is 0 Å². The van der Waals surface area contributed by atoms with Crippen LogP contribution >= 0.6 is 0 Å². The summed E-state index contributed by atoms with van der Waals surface area (Å²) in [4.78, 5) is 22.1. The van der Waals surface area contributed by atoms with Crippen molar-refractivity contribution in [3.63, 3.8) is 0 Å². The molecule has 0 saturated heterocycles. The number of imidazole rings is 1. The molecule has 26 heavy (non-hydrogen) atoms. The Hall–Kier alpha value is -3.21. The van der Waals surface area contributed by atoms with Crippen LogP contribution in [0.5, 0.6) is 5.75 Å². The lowest BCUT2D eigenvalue weighted by Gasteiger charge is -2.23. The Morgan fingerprint density at radius 2 is 1.85 bits per heavy atom. The molecule has 1 aliphatic carbocycles. The number of hydrogen-bond donors (Lipinski definition) is 0. The second-order valence-corrected chi connectivity index (χ2v) is 6.67. The smallest absolute Gasteiger partial charge is 0.235 e. The number of para-hydroxylation sites is 2. The molecule has 2 aromatic heterocycles. The molecule has 4 aromatic rings. The SMILES string of the molecule is COc1ccc(C2CC(=O)c3cn4c(nc3C2)nc2ccccc24)cc1.